The summed E-state index contributed by atoms with van der Waals surface area (Å²) in [6.07, 6.45) is 0. The Morgan fingerprint density at radius 1 is 1.25 bits per heavy atom. The lowest BCUT2D eigenvalue weighted by atomic mass is 10.0. The van der Waals surface area contributed by atoms with Crippen molar-refractivity contribution in [1.82, 2.24) is 4.90 Å². The second-order valence-electron chi connectivity index (χ2n) is 5.24. The number of benzene rings is 1. The Morgan fingerprint density at radius 3 is 2.35 bits per heavy atom. The summed E-state index contributed by atoms with van der Waals surface area (Å²) in [5.74, 6) is 0.534. The van der Waals surface area contributed by atoms with Crippen molar-refractivity contribution in [2.45, 2.75) is 40.5 Å². The van der Waals surface area contributed by atoms with Gasteiger partial charge in [-0.1, -0.05) is 39.8 Å². The van der Waals surface area contributed by atoms with Gasteiger partial charge in [-0.25, -0.2) is 0 Å². The maximum Gasteiger partial charge on any atom is 0.238 e. The van der Waals surface area contributed by atoms with E-state index in [1.165, 1.54) is 5.56 Å². The molecule has 4 heteroatoms. The van der Waals surface area contributed by atoms with E-state index in [0.717, 1.165) is 24.3 Å². The third kappa shape index (κ3) is 5.51. The molecule has 0 radical (unpaired) electrons. The first kappa shape index (κ1) is 18.9. The molecule has 114 valence electrons. The minimum absolute atomic E-state index is 0. The van der Waals surface area contributed by atoms with E-state index < -0.39 is 0 Å². The van der Waals surface area contributed by atoms with Gasteiger partial charge in [0.05, 0.1) is 6.54 Å². The summed E-state index contributed by atoms with van der Waals surface area (Å²) in [7, 11) is 0. The monoisotopic (exact) mass is 298 g/mol. The Morgan fingerprint density at radius 2 is 1.85 bits per heavy atom. The van der Waals surface area contributed by atoms with E-state index in [2.05, 4.69) is 56.1 Å². The summed E-state index contributed by atoms with van der Waals surface area (Å²) in [5.41, 5.74) is 3.30. The first-order valence-electron chi connectivity index (χ1n) is 7.10. The average molecular weight is 299 g/mol. The van der Waals surface area contributed by atoms with Crippen molar-refractivity contribution in [3.8, 4) is 0 Å². The molecule has 0 spiro atoms. The Bertz CT molecular complexity index is 428. The first-order chi connectivity index (χ1) is 8.97. The summed E-state index contributed by atoms with van der Waals surface area (Å²) in [6.45, 7) is 12.7. The Labute approximate surface area is 129 Å². The third-order valence-electron chi connectivity index (χ3n) is 3.46. The van der Waals surface area contributed by atoms with Gasteiger partial charge in [0.15, 0.2) is 0 Å². The Hall–Kier alpha value is -1.06. The van der Waals surface area contributed by atoms with Crippen molar-refractivity contribution in [2.75, 3.05) is 25.0 Å². The maximum atomic E-state index is 12.0. The number of nitrogens with one attached hydrogen (secondary N) is 1. The lowest BCUT2D eigenvalue weighted by Gasteiger charge is -2.18. The van der Waals surface area contributed by atoms with Crippen LogP contribution >= 0.6 is 12.4 Å². The maximum absolute atomic E-state index is 12.0. The van der Waals surface area contributed by atoms with E-state index in [1.807, 2.05) is 6.92 Å². The second kappa shape index (κ2) is 8.98. The highest BCUT2D eigenvalue weighted by Crippen LogP contribution is 2.22. The third-order valence-corrected chi connectivity index (χ3v) is 3.46. The predicted octanol–water partition coefficient (Wildman–Crippen LogP) is 3.82. The molecule has 0 saturated carbocycles. The van der Waals surface area contributed by atoms with Crippen LogP contribution in [0.5, 0.6) is 0 Å². The van der Waals surface area contributed by atoms with Crippen molar-refractivity contribution in [3.63, 3.8) is 0 Å². The molecule has 0 heterocycles. The highest BCUT2D eigenvalue weighted by molar-refractivity contribution is 5.93. The van der Waals surface area contributed by atoms with Crippen molar-refractivity contribution in [3.05, 3.63) is 29.3 Å². The number of likely N-dealkylation sites (N-methyl/N-ethyl adjacent to an activating group) is 1. The number of carbonyl (C=O) groups excluding carboxylic acids is 1. The lowest BCUT2D eigenvalue weighted by Crippen LogP contribution is -2.33. The van der Waals surface area contributed by atoms with E-state index in [4.69, 9.17) is 0 Å². The zero-order chi connectivity index (χ0) is 14.4. The fourth-order valence-electron chi connectivity index (χ4n) is 1.97. The van der Waals surface area contributed by atoms with Gasteiger partial charge in [-0.05, 0) is 43.1 Å². The summed E-state index contributed by atoms with van der Waals surface area (Å²) in [5, 5.41) is 3.02. The molecule has 3 nitrogen and oxygen atoms in total. The van der Waals surface area contributed by atoms with Gasteiger partial charge in [0.2, 0.25) is 5.91 Å². The zero-order valence-corrected chi connectivity index (χ0v) is 14.0. The van der Waals surface area contributed by atoms with Gasteiger partial charge in [-0.2, -0.15) is 0 Å². The minimum atomic E-state index is 0. The van der Waals surface area contributed by atoms with Crippen LogP contribution in [-0.2, 0) is 4.79 Å². The molecule has 0 aliphatic carbocycles. The number of halogens is 1. The quantitative estimate of drug-likeness (QED) is 0.866. The minimum Gasteiger partial charge on any atom is -0.325 e. The number of nitrogens with zero attached hydrogens (tertiary/aromatic N) is 1. The highest BCUT2D eigenvalue weighted by atomic mass is 35.5. The van der Waals surface area contributed by atoms with Crippen molar-refractivity contribution in [2.24, 2.45) is 0 Å². The fourth-order valence-corrected chi connectivity index (χ4v) is 1.97. The van der Waals surface area contributed by atoms with Crippen LogP contribution in [0.4, 0.5) is 5.69 Å². The number of rotatable bonds is 6. The standard InChI is InChI=1S/C16H26N2O.ClH/c1-6-18(7-2)11-16(19)17-15-10-14(12(3)4)9-8-13(15)5;/h8-10,12H,6-7,11H2,1-5H3,(H,17,19);1H. The van der Waals surface area contributed by atoms with Crippen LogP contribution in [0.25, 0.3) is 0 Å². The number of anilines is 1. The molecule has 0 aromatic heterocycles. The fraction of sp³-hybridized carbons (Fsp3) is 0.562. The van der Waals surface area contributed by atoms with Gasteiger partial charge in [-0.15, -0.1) is 12.4 Å². The molecule has 0 aliphatic rings. The number of hydrogen-bond acceptors (Lipinski definition) is 2. The predicted molar refractivity (Wildman–Crippen MR) is 88.9 cm³/mol. The van der Waals surface area contributed by atoms with Crippen LogP contribution in [0.3, 0.4) is 0 Å². The molecule has 0 atom stereocenters. The molecule has 0 aliphatic heterocycles. The van der Waals surface area contributed by atoms with Crippen molar-refractivity contribution < 1.29 is 4.79 Å². The van der Waals surface area contributed by atoms with Crippen LogP contribution in [0, 0.1) is 6.92 Å². The van der Waals surface area contributed by atoms with Gasteiger partial charge < -0.3 is 5.32 Å². The molecule has 1 rings (SSSR count). The number of amides is 1. The summed E-state index contributed by atoms with van der Waals surface area (Å²) < 4.78 is 0. The molecule has 0 unspecified atom stereocenters. The Balaban J connectivity index is 0.00000361. The van der Waals surface area contributed by atoms with Crippen molar-refractivity contribution >= 4 is 24.0 Å². The molecular weight excluding hydrogens is 272 g/mol. The van der Waals surface area contributed by atoms with Gasteiger partial charge in [0, 0.05) is 5.69 Å². The molecule has 0 fully saturated rings. The zero-order valence-electron chi connectivity index (χ0n) is 13.2. The SMILES string of the molecule is CCN(CC)CC(=O)Nc1cc(C(C)C)ccc1C.Cl. The molecule has 20 heavy (non-hydrogen) atoms. The second-order valence-corrected chi connectivity index (χ2v) is 5.24. The Kier molecular flexibility index (Phi) is 8.51. The van der Waals surface area contributed by atoms with Gasteiger partial charge in [-0.3, -0.25) is 9.69 Å². The molecule has 1 aromatic carbocycles. The molecule has 1 amide bonds. The van der Waals surface area contributed by atoms with Gasteiger partial charge in [0.1, 0.15) is 0 Å². The van der Waals surface area contributed by atoms with Gasteiger partial charge in [0.25, 0.3) is 0 Å². The molecule has 0 bridgehead atoms. The van der Waals surface area contributed by atoms with Crippen molar-refractivity contribution in [1.29, 1.82) is 0 Å². The number of carbonyl (C=O) groups is 1. The summed E-state index contributed by atoms with van der Waals surface area (Å²) >= 11 is 0. The summed E-state index contributed by atoms with van der Waals surface area (Å²) in [4.78, 5) is 14.1. The summed E-state index contributed by atoms with van der Waals surface area (Å²) in [6, 6.07) is 6.28. The molecule has 1 N–H and O–H groups in total. The lowest BCUT2D eigenvalue weighted by molar-refractivity contribution is -0.117. The largest absolute Gasteiger partial charge is 0.325 e. The molecular formula is C16H27ClN2O. The van der Waals surface area contributed by atoms with E-state index in [1.54, 1.807) is 0 Å². The van der Waals surface area contributed by atoms with E-state index >= 15 is 0 Å². The van der Waals surface area contributed by atoms with E-state index in [-0.39, 0.29) is 18.3 Å². The highest BCUT2D eigenvalue weighted by Gasteiger charge is 2.10. The number of hydrogen-bond donors (Lipinski definition) is 1. The normalized spacial score (nSPS) is 10.6. The van der Waals surface area contributed by atoms with Crippen LogP contribution in [0.15, 0.2) is 18.2 Å². The van der Waals surface area contributed by atoms with E-state index in [0.29, 0.717) is 12.5 Å². The van der Waals surface area contributed by atoms with Crippen LogP contribution < -0.4 is 5.32 Å². The smallest absolute Gasteiger partial charge is 0.238 e. The van der Waals surface area contributed by atoms with E-state index in [9.17, 15) is 4.79 Å². The first-order valence-corrected chi connectivity index (χ1v) is 7.10. The number of aryl methyl sites for hydroxylation is 1. The average Bonchev–Trinajstić information content (AvgIpc) is 2.38. The van der Waals surface area contributed by atoms with Crippen LogP contribution in [0.1, 0.15) is 44.7 Å². The van der Waals surface area contributed by atoms with Crippen LogP contribution in [-0.4, -0.2) is 30.4 Å². The van der Waals surface area contributed by atoms with Crippen LogP contribution in [0.2, 0.25) is 0 Å². The van der Waals surface area contributed by atoms with Gasteiger partial charge >= 0.3 is 0 Å². The molecule has 1 aromatic rings. The topological polar surface area (TPSA) is 32.3 Å². The molecule has 0 saturated heterocycles.